The fourth-order valence-corrected chi connectivity index (χ4v) is 2.84. The molecule has 1 atom stereocenters. The van der Waals surface area contributed by atoms with Crippen molar-refractivity contribution < 1.29 is 4.79 Å². The molecule has 1 aliphatic rings. The maximum Gasteiger partial charge on any atom is 0.244 e. The van der Waals surface area contributed by atoms with E-state index in [1.165, 1.54) is 0 Å². The lowest BCUT2D eigenvalue weighted by Gasteiger charge is -2.22. The molecule has 1 unspecified atom stereocenters. The Balaban J connectivity index is 2.03. The minimum atomic E-state index is -0.200. The molecule has 0 aliphatic carbocycles. The highest BCUT2D eigenvalue weighted by atomic mass is 79.9. The van der Waals surface area contributed by atoms with E-state index in [0.29, 0.717) is 0 Å². The van der Waals surface area contributed by atoms with Crippen molar-refractivity contribution in [3.05, 3.63) is 27.1 Å². The number of rotatable bonds is 3. The highest BCUT2D eigenvalue weighted by molar-refractivity contribution is 9.11. The van der Waals surface area contributed by atoms with Gasteiger partial charge in [0.1, 0.15) is 6.04 Å². The number of hydrogen-bond donors (Lipinski definition) is 1. The molecule has 1 heterocycles. The summed E-state index contributed by atoms with van der Waals surface area (Å²) >= 11 is 6.92. The zero-order chi connectivity index (χ0) is 13.1. The summed E-state index contributed by atoms with van der Waals surface area (Å²) in [5.41, 5.74) is 0.935. The van der Waals surface area contributed by atoms with Gasteiger partial charge in [0.2, 0.25) is 5.91 Å². The Morgan fingerprint density at radius 2 is 2.00 bits per heavy atom. The van der Waals surface area contributed by atoms with Gasteiger partial charge in [-0.05, 0) is 53.9 Å². The smallest absolute Gasteiger partial charge is 0.244 e. The fourth-order valence-electron chi connectivity index (χ4n) is 2.11. The lowest BCUT2D eigenvalue weighted by Crippen LogP contribution is -2.39. The van der Waals surface area contributed by atoms with Gasteiger partial charge in [0.15, 0.2) is 0 Å². The summed E-state index contributed by atoms with van der Waals surface area (Å²) in [4.78, 5) is 14.1. The van der Waals surface area contributed by atoms with Gasteiger partial charge in [-0.25, -0.2) is 0 Å². The minimum absolute atomic E-state index is 0.180. The molecule has 0 aromatic heterocycles. The Kier molecular flexibility index (Phi) is 4.67. The Bertz CT molecular complexity index is 445. The number of halogens is 2. The molecule has 98 valence electrons. The molecule has 1 aromatic carbocycles. The number of carbonyl (C=O) groups excluding carboxylic acids is 1. The number of benzene rings is 1. The number of hydrogen-bond acceptors (Lipinski definition) is 2. The molecule has 0 saturated carbocycles. The summed E-state index contributed by atoms with van der Waals surface area (Å²) in [7, 11) is 0. The maximum atomic E-state index is 12.2. The Hall–Kier alpha value is -0.550. The SMILES string of the molecule is CC(Nc1cc(Br)ccc1Br)C(=O)N1CCCC1. The number of nitrogens with zero attached hydrogens (tertiary/aromatic N) is 1. The second-order valence-electron chi connectivity index (χ2n) is 4.52. The molecule has 0 radical (unpaired) electrons. The van der Waals surface area contributed by atoms with Crippen molar-refractivity contribution in [1.29, 1.82) is 0 Å². The van der Waals surface area contributed by atoms with Gasteiger partial charge in [-0.1, -0.05) is 15.9 Å². The normalized spacial score (nSPS) is 16.7. The van der Waals surface area contributed by atoms with Crippen LogP contribution in [0.1, 0.15) is 19.8 Å². The van der Waals surface area contributed by atoms with Gasteiger partial charge in [0, 0.05) is 22.0 Å². The molecule has 1 N–H and O–H groups in total. The van der Waals surface area contributed by atoms with Crippen LogP contribution in [0.15, 0.2) is 27.1 Å². The van der Waals surface area contributed by atoms with Crippen molar-refractivity contribution in [2.24, 2.45) is 0 Å². The van der Waals surface area contributed by atoms with Crippen LogP contribution in [0, 0.1) is 0 Å². The summed E-state index contributed by atoms with van der Waals surface area (Å²) < 4.78 is 1.96. The van der Waals surface area contributed by atoms with Crippen molar-refractivity contribution in [2.75, 3.05) is 18.4 Å². The van der Waals surface area contributed by atoms with E-state index in [1.807, 2.05) is 30.0 Å². The van der Waals surface area contributed by atoms with Gasteiger partial charge >= 0.3 is 0 Å². The van der Waals surface area contributed by atoms with Gasteiger partial charge in [-0.2, -0.15) is 0 Å². The highest BCUT2D eigenvalue weighted by Crippen LogP contribution is 2.27. The van der Waals surface area contributed by atoms with Crippen molar-refractivity contribution in [3.8, 4) is 0 Å². The first kappa shape index (κ1) is 13.9. The molecule has 18 heavy (non-hydrogen) atoms. The van der Waals surface area contributed by atoms with Crippen molar-refractivity contribution in [1.82, 2.24) is 4.90 Å². The van der Waals surface area contributed by atoms with E-state index in [4.69, 9.17) is 0 Å². The molecule has 1 saturated heterocycles. The molecular formula is C13H16Br2N2O. The lowest BCUT2D eigenvalue weighted by molar-refractivity contribution is -0.130. The van der Waals surface area contributed by atoms with Crippen LogP contribution in [0.2, 0.25) is 0 Å². The molecule has 2 rings (SSSR count). The Morgan fingerprint density at radius 1 is 1.33 bits per heavy atom. The van der Waals surface area contributed by atoms with Crippen LogP contribution in [0.25, 0.3) is 0 Å². The zero-order valence-corrected chi connectivity index (χ0v) is 13.4. The second-order valence-corrected chi connectivity index (χ2v) is 6.29. The van der Waals surface area contributed by atoms with E-state index in [-0.39, 0.29) is 11.9 Å². The van der Waals surface area contributed by atoms with Gasteiger partial charge in [0.25, 0.3) is 0 Å². The van der Waals surface area contributed by atoms with Crippen LogP contribution >= 0.6 is 31.9 Å². The van der Waals surface area contributed by atoms with E-state index in [1.54, 1.807) is 0 Å². The standard InChI is InChI=1S/C13H16Br2N2O/c1-9(13(18)17-6-2-3-7-17)16-12-8-10(14)4-5-11(12)15/h4-5,8-9,16H,2-3,6-7H2,1H3. The molecule has 1 aliphatic heterocycles. The van der Waals surface area contributed by atoms with Crippen LogP contribution in [-0.2, 0) is 4.79 Å². The van der Waals surface area contributed by atoms with Crippen LogP contribution in [0.4, 0.5) is 5.69 Å². The molecule has 3 nitrogen and oxygen atoms in total. The third-order valence-electron chi connectivity index (χ3n) is 3.09. The fraction of sp³-hybridized carbons (Fsp3) is 0.462. The molecule has 1 aromatic rings. The first-order chi connectivity index (χ1) is 8.58. The maximum absolute atomic E-state index is 12.2. The van der Waals surface area contributed by atoms with Crippen LogP contribution in [0.3, 0.4) is 0 Å². The van der Waals surface area contributed by atoms with E-state index >= 15 is 0 Å². The lowest BCUT2D eigenvalue weighted by atomic mass is 10.2. The quantitative estimate of drug-likeness (QED) is 0.874. The van der Waals surface area contributed by atoms with E-state index < -0.39 is 0 Å². The number of likely N-dealkylation sites (tertiary alicyclic amines) is 1. The molecular weight excluding hydrogens is 360 g/mol. The molecule has 0 spiro atoms. The Morgan fingerprint density at radius 3 is 2.67 bits per heavy atom. The average Bonchev–Trinajstić information content (AvgIpc) is 2.86. The molecule has 1 fully saturated rings. The highest BCUT2D eigenvalue weighted by Gasteiger charge is 2.23. The summed E-state index contributed by atoms with van der Waals surface area (Å²) in [5.74, 6) is 0.180. The van der Waals surface area contributed by atoms with Crippen LogP contribution in [-0.4, -0.2) is 29.9 Å². The first-order valence-corrected chi connectivity index (χ1v) is 7.67. The van der Waals surface area contributed by atoms with Crippen molar-refractivity contribution in [2.45, 2.75) is 25.8 Å². The number of anilines is 1. The number of amides is 1. The third kappa shape index (κ3) is 3.26. The van der Waals surface area contributed by atoms with Gasteiger partial charge < -0.3 is 10.2 Å². The van der Waals surface area contributed by atoms with Crippen molar-refractivity contribution in [3.63, 3.8) is 0 Å². The topological polar surface area (TPSA) is 32.3 Å². The first-order valence-electron chi connectivity index (χ1n) is 6.08. The van der Waals surface area contributed by atoms with Crippen molar-refractivity contribution >= 4 is 43.5 Å². The largest absolute Gasteiger partial charge is 0.373 e. The monoisotopic (exact) mass is 374 g/mol. The average molecular weight is 376 g/mol. The predicted octanol–water partition coefficient (Wildman–Crippen LogP) is 3.63. The number of carbonyl (C=O) groups is 1. The van der Waals surface area contributed by atoms with E-state index in [0.717, 1.165) is 40.6 Å². The van der Waals surface area contributed by atoms with Gasteiger partial charge in [-0.15, -0.1) is 0 Å². The summed E-state index contributed by atoms with van der Waals surface area (Å²) in [6, 6.07) is 5.69. The van der Waals surface area contributed by atoms with Crippen LogP contribution < -0.4 is 5.32 Å². The molecule has 1 amide bonds. The molecule has 0 bridgehead atoms. The number of nitrogens with one attached hydrogen (secondary N) is 1. The second kappa shape index (κ2) is 6.06. The van der Waals surface area contributed by atoms with E-state index in [2.05, 4.69) is 37.2 Å². The minimum Gasteiger partial charge on any atom is -0.373 e. The van der Waals surface area contributed by atoms with Gasteiger partial charge in [-0.3, -0.25) is 4.79 Å². The van der Waals surface area contributed by atoms with Gasteiger partial charge in [0.05, 0.1) is 5.69 Å². The third-order valence-corrected chi connectivity index (χ3v) is 4.27. The molecule has 5 heteroatoms. The van der Waals surface area contributed by atoms with Crippen LogP contribution in [0.5, 0.6) is 0 Å². The summed E-state index contributed by atoms with van der Waals surface area (Å²) in [5, 5.41) is 3.26. The predicted molar refractivity (Wildman–Crippen MR) is 80.7 cm³/mol. The van der Waals surface area contributed by atoms with E-state index in [9.17, 15) is 4.79 Å². The zero-order valence-electron chi connectivity index (χ0n) is 10.2. The summed E-state index contributed by atoms with van der Waals surface area (Å²) in [6.07, 6.45) is 2.25. The Labute approximate surface area is 124 Å². The summed E-state index contributed by atoms with van der Waals surface area (Å²) in [6.45, 7) is 3.70.